The zero-order chi connectivity index (χ0) is 23.1. The lowest BCUT2D eigenvalue weighted by Gasteiger charge is -2.20. The normalized spacial score (nSPS) is 12.6. The van der Waals surface area contributed by atoms with Crippen LogP contribution in [0, 0.1) is 0 Å². The van der Waals surface area contributed by atoms with Crippen LogP contribution in [0.3, 0.4) is 0 Å². The van der Waals surface area contributed by atoms with Crippen molar-refractivity contribution in [1.82, 2.24) is 20.8 Å². The lowest BCUT2D eigenvalue weighted by Crippen LogP contribution is -2.40. The Labute approximate surface area is 184 Å². The van der Waals surface area contributed by atoms with Crippen molar-refractivity contribution < 1.29 is 24.6 Å². The van der Waals surface area contributed by atoms with Crippen molar-refractivity contribution in [3.8, 4) is 11.1 Å². The Kier molecular flexibility index (Phi) is 7.35. The van der Waals surface area contributed by atoms with E-state index in [9.17, 15) is 19.5 Å². The van der Waals surface area contributed by atoms with Gasteiger partial charge in [0.05, 0.1) is 0 Å². The lowest BCUT2D eigenvalue weighted by atomic mass is 9.97. The van der Waals surface area contributed by atoms with Crippen molar-refractivity contribution in [2.75, 3.05) is 7.05 Å². The van der Waals surface area contributed by atoms with Crippen LogP contribution in [-0.2, 0) is 11.2 Å². The Balaban J connectivity index is 1.73. The van der Waals surface area contributed by atoms with Crippen molar-refractivity contribution in [3.63, 3.8) is 0 Å². The molecular weight excluding hydrogens is 412 g/mol. The van der Waals surface area contributed by atoms with Gasteiger partial charge in [0.2, 0.25) is 0 Å². The van der Waals surface area contributed by atoms with Crippen LogP contribution in [0.1, 0.15) is 33.0 Å². The van der Waals surface area contributed by atoms with E-state index in [2.05, 4.69) is 20.8 Å². The third kappa shape index (κ3) is 5.79. The highest BCUT2D eigenvalue weighted by molar-refractivity contribution is 5.97. The molecular formula is C23H24N4O5. The average molecular weight is 436 g/mol. The quantitative estimate of drug-likeness (QED) is 0.345. The molecule has 2 atom stereocenters. The molecule has 2 aromatic carbocycles. The van der Waals surface area contributed by atoms with Gasteiger partial charge >= 0.3 is 5.97 Å². The standard InChI is InChI=1S/C23H24N4O5/c1-24-21(29)18-13-19(27-26-18)22(30)25-17(12-20(28)23(31)32)11-14-7-9-16(10-8-14)15-5-3-2-4-6-15/h2-10,13,17,20,28H,11-12H2,1H3,(H,24,29)(H,25,30)(H,26,27)(H,31,32)/t17?,20-/m1/s1. The number of nitrogens with zero attached hydrogens (tertiary/aromatic N) is 1. The molecule has 9 heteroatoms. The molecule has 0 aliphatic rings. The number of aliphatic hydroxyl groups is 1. The van der Waals surface area contributed by atoms with Gasteiger partial charge in [0.25, 0.3) is 11.8 Å². The number of carbonyl (C=O) groups is 3. The van der Waals surface area contributed by atoms with Gasteiger partial charge in [0, 0.05) is 25.6 Å². The molecule has 2 amide bonds. The predicted molar refractivity (Wildman–Crippen MR) is 117 cm³/mol. The molecule has 1 unspecified atom stereocenters. The van der Waals surface area contributed by atoms with Gasteiger partial charge in [0.15, 0.2) is 11.8 Å². The number of aromatic amines is 1. The number of amides is 2. The highest BCUT2D eigenvalue weighted by Crippen LogP contribution is 2.20. The van der Waals surface area contributed by atoms with Crippen LogP contribution in [0.25, 0.3) is 11.1 Å². The minimum Gasteiger partial charge on any atom is -0.479 e. The fraction of sp³-hybridized carbons (Fsp3) is 0.217. The maximum Gasteiger partial charge on any atom is 0.332 e. The maximum atomic E-state index is 12.6. The first-order chi connectivity index (χ1) is 15.4. The fourth-order valence-corrected chi connectivity index (χ4v) is 3.26. The second kappa shape index (κ2) is 10.4. The molecule has 166 valence electrons. The zero-order valence-electron chi connectivity index (χ0n) is 17.4. The van der Waals surface area contributed by atoms with Gasteiger partial charge in [-0.25, -0.2) is 4.79 Å². The van der Waals surface area contributed by atoms with Gasteiger partial charge in [-0.15, -0.1) is 0 Å². The van der Waals surface area contributed by atoms with Gasteiger partial charge in [-0.1, -0.05) is 54.6 Å². The Morgan fingerprint density at radius 1 is 1.00 bits per heavy atom. The summed E-state index contributed by atoms with van der Waals surface area (Å²) in [6, 6.07) is 18.2. The Hall–Kier alpha value is -3.98. The first-order valence-corrected chi connectivity index (χ1v) is 10.0. The second-order valence-electron chi connectivity index (χ2n) is 7.27. The molecule has 0 spiro atoms. The molecule has 0 aliphatic heterocycles. The summed E-state index contributed by atoms with van der Waals surface area (Å²) in [5, 5.41) is 30.3. The van der Waals surface area contributed by atoms with Gasteiger partial charge < -0.3 is 20.8 Å². The summed E-state index contributed by atoms with van der Waals surface area (Å²) < 4.78 is 0. The van der Waals surface area contributed by atoms with Crippen LogP contribution in [-0.4, -0.2) is 57.4 Å². The molecule has 0 aliphatic carbocycles. The minimum atomic E-state index is -1.63. The smallest absolute Gasteiger partial charge is 0.332 e. The van der Waals surface area contributed by atoms with Crippen molar-refractivity contribution >= 4 is 17.8 Å². The number of nitrogens with one attached hydrogen (secondary N) is 3. The lowest BCUT2D eigenvalue weighted by molar-refractivity contribution is -0.147. The van der Waals surface area contributed by atoms with E-state index in [1.54, 1.807) is 0 Å². The van der Waals surface area contributed by atoms with Gasteiger partial charge in [-0.05, 0) is 23.1 Å². The molecule has 1 aromatic heterocycles. The number of hydrogen-bond acceptors (Lipinski definition) is 5. The second-order valence-corrected chi connectivity index (χ2v) is 7.27. The van der Waals surface area contributed by atoms with Gasteiger partial charge in [0.1, 0.15) is 5.69 Å². The number of benzene rings is 2. The third-order valence-corrected chi connectivity index (χ3v) is 4.95. The Morgan fingerprint density at radius 2 is 1.66 bits per heavy atom. The summed E-state index contributed by atoms with van der Waals surface area (Å²) in [6.45, 7) is 0. The number of H-pyrrole nitrogens is 1. The molecule has 5 N–H and O–H groups in total. The first-order valence-electron chi connectivity index (χ1n) is 10.0. The number of carbonyl (C=O) groups excluding carboxylic acids is 2. The summed E-state index contributed by atoms with van der Waals surface area (Å²) in [4.78, 5) is 35.4. The number of rotatable bonds is 9. The Bertz CT molecular complexity index is 1080. The van der Waals surface area contributed by atoms with E-state index in [0.29, 0.717) is 6.42 Å². The number of carboxylic acids is 1. The summed E-state index contributed by atoms with van der Waals surface area (Å²) in [7, 11) is 1.45. The first kappa shape index (κ1) is 22.7. The monoisotopic (exact) mass is 436 g/mol. The largest absolute Gasteiger partial charge is 0.479 e. The number of aromatic nitrogens is 2. The Morgan fingerprint density at radius 3 is 2.28 bits per heavy atom. The predicted octanol–water partition coefficient (Wildman–Crippen LogP) is 1.61. The third-order valence-electron chi connectivity index (χ3n) is 4.95. The van der Waals surface area contributed by atoms with Crippen LogP contribution in [0.4, 0.5) is 0 Å². The van der Waals surface area contributed by atoms with E-state index in [1.165, 1.54) is 13.1 Å². The van der Waals surface area contributed by atoms with E-state index < -0.39 is 29.9 Å². The molecule has 3 aromatic rings. The molecule has 0 saturated heterocycles. The van der Waals surface area contributed by atoms with Crippen LogP contribution in [0.2, 0.25) is 0 Å². The minimum absolute atomic E-state index is 0.0521. The molecule has 1 heterocycles. The molecule has 0 radical (unpaired) electrons. The number of aliphatic hydroxyl groups excluding tert-OH is 1. The molecule has 0 saturated carbocycles. The van der Waals surface area contributed by atoms with Crippen LogP contribution in [0.15, 0.2) is 60.7 Å². The zero-order valence-corrected chi connectivity index (χ0v) is 17.4. The average Bonchev–Trinajstić information content (AvgIpc) is 3.30. The molecule has 9 nitrogen and oxygen atoms in total. The maximum absolute atomic E-state index is 12.6. The van der Waals surface area contributed by atoms with E-state index in [4.69, 9.17) is 5.11 Å². The van der Waals surface area contributed by atoms with E-state index in [0.717, 1.165) is 16.7 Å². The van der Waals surface area contributed by atoms with Crippen molar-refractivity contribution in [2.24, 2.45) is 0 Å². The SMILES string of the molecule is CNC(=O)c1cc(C(=O)NC(Cc2ccc(-c3ccccc3)cc2)C[C@@H](O)C(=O)O)[nH]n1. The van der Waals surface area contributed by atoms with Crippen molar-refractivity contribution in [2.45, 2.75) is 25.0 Å². The summed E-state index contributed by atoms with van der Waals surface area (Å²) in [6.07, 6.45) is -1.51. The van der Waals surface area contributed by atoms with Crippen LogP contribution >= 0.6 is 0 Å². The highest BCUT2D eigenvalue weighted by Gasteiger charge is 2.23. The molecule has 0 bridgehead atoms. The summed E-state index contributed by atoms with van der Waals surface area (Å²) >= 11 is 0. The molecule has 3 rings (SSSR count). The molecule has 32 heavy (non-hydrogen) atoms. The fourth-order valence-electron chi connectivity index (χ4n) is 3.26. The highest BCUT2D eigenvalue weighted by atomic mass is 16.4. The topological polar surface area (TPSA) is 144 Å². The van der Waals surface area contributed by atoms with Crippen molar-refractivity contribution in [1.29, 1.82) is 0 Å². The van der Waals surface area contributed by atoms with Crippen LogP contribution in [0.5, 0.6) is 0 Å². The van der Waals surface area contributed by atoms with E-state index in [1.807, 2.05) is 54.6 Å². The summed E-state index contributed by atoms with van der Waals surface area (Å²) in [5.74, 6) is -2.38. The molecule has 0 fully saturated rings. The number of aliphatic carboxylic acids is 1. The van der Waals surface area contributed by atoms with Crippen LogP contribution < -0.4 is 10.6 Å². The van der Waals surface area contributed by atoms with Gasteiger partial charge in [-0.2, -0.15) is 5.10 Å². The number of hydrogen-bond donors (Lipinski definition) is 5. The van der Waals surface area contributed by atoms with Crippen molar-refractivity contribution in [3.05, 3.63) is 77.6 Å². The van der Waals surface area contributed by atoms with E-state index >= 15 is 0 Å². The number of carboxylic acid groups (broad SMARTS) is 1. The summed E-state index contributed by atoms with van der Waals surface area (Å²) in [5.41, 5.74) is 3.06. The van der Waals surface area contributed by atoms with E-state index in [-0.39, 0.29) is 17.8 Å². The van der Waals surface area contributed by atoms with Gasteiger partial charge in [-0.3, -0.25) is 14.7 Å².